The van der Waals surface area contributed by atoms with Gasteiger partial charge in [0.15, 0.2) is 0 Å². The summed E-state index contributed by atoms with van der Waals surface area (Å²) in [5, 5.41) is 0.361. The molecule has 0 atom stereocenters. The quantitative estimate of drug-likeness (QED) is 0.604. The number of esters is 1. The lowest BCUT2D eigenvalue weighted by Crippen LogP contribution is -2.36. The fourth-order valence-electron chi connectivity index (χ4n) is 3.53. The van der Waals surface area contributed by atoms with E-state index >= 15 is 0 Å². The van der Waals surface area contributed by atoms with Crippen LogP contribution < -0.4 is 0 Å². The zero-order chi connectivity index (χ0) is 22.1. The van der Waals surface area contributed by atoms with Crippen LogP contribution in [0.3, 0.4) is 0 Å². The molecule has 0 aliphatic carbocycles. The molecule has 1 aliphatic heterocycles. The first-order valence-electron chi connectivity index (χ1n) is 9.53. The topological polar surface area (TPSA) is 84.0 Å². The van der Waals surface area contributed by atoms with Gasteiger partial charge < -0.3 is 9.64 Å². The van der Waals surface area contributed by atoms with Crippen LogP contribution in [0.1, 0.15) is 45.0 Å². The number of amides is 1. The molecule has 7 nitrogen and oxygen atoms in total. The molecule has 3 rings (SSSR count). The van der Waals surface area contributed by atoms with Crippen LogP contribution in [0, 0.1) is 0 Å². The van der Waals surface area contributed by atoms with Crippen molar-refractivity contribution in [2.24, 2.45) is 0 Å². The highest BCUT2D eigenvalue weighted by atomic mass is 35.5. The van der Waals surface area contributed by atoms with Crippen LogP contribution >= 0.6 is 22.9 Å². The molecule has 10 heteroatoms. The number of fused-ring (bicyclic) bond motifs is 1. The Balaban J connectivity index is 2.03. The van der Waals surface area contributed by atoms with Crippen LogP contribution in [0.2, 0.25) is 5.02 Å². The number of thiophene rings is 1. The van der Waals surface area contributed by atoms with E-state index in [1.54, 1.807) is 43.0 Å². The molecule has 0 spiro atoms. The minimum absolute atomic E-state index is 0.0184. The highest BCUT2D eigenvalue weighted by Gasteiger charge is 2.37. The Kier molecular flexibility index (Phi) is 6.86. The molecule has 1 aromatic heterocycles. The molecular weight excluding hydrogens is 448 g/mol. The van der Waals surface area contributed by atoms with Crippen LogP contribution in [-0.2, 0) is 27.7 Å². The number of carbonyl (C=O) groups is 2. The number of nitrogens with zero attached hydrogens (tertiary/aromatic N) is 2. The lowest BCUT2D eigenvalue weighted by molar-refractivity contribution is 0.0595. The largest absolute Gasteiger partial charge is 0.465 e. The van der Waals surface area contributed by atoms with Gasteiger partial charge in [-0.15, -0.1) is 11.3 Å². The first-order valence-corrected chi connectivity index (χ1v) is 12.2. The maximum atomic E-state index is 13.2. The van der Waals surface area contributed by atoms with Crippen molar-refractivity contribution >= 4 is 44.8 Å². The van der Waals surface area contributed by atoms with Crippen LogP contribution in [0.5, 0.6) is 0 Å². The van der Waals surface area contributed by atoms with Crippen LogP contribution in [0.15, 0.2) is 28.5 Å². The summed E-state index contributed by atoms with van der Waals surface area (Å²) in [6.07, 6.45) is 0.361. The molecular formula is C20H23ClN2O5S2. The van der Waals surface area contributed by atoms with Gasteiger partial charge in [0.25, 0.3) is 15.9 Å². The number of hydrogen-bond donors (Lipinski definition) is 0. The van der Waals surface area contributed by atoms with Gasteiger partial charge in [-0.3, -0.25) is 4.79 Å². The summed E-state index contributed by atoms with van der Waals surface area (Å²) in [5.74, 6) is -0.906. The highest BCUT2D eigenvalue weighted by Crippen LogP contribution is 2.38. The summed E-state index contributed by atoms with van der Waals surface area (Å²) in [4.78, 5) is 27.7. The summed E-state index contributed by atoms with van der Waals surface area (Å²) in [7, 11) is -2.62. The van der Waals surface area contributed by atoms with Gasteiger partial charge in [0, 0.05) is 24.5 Å². The van der Waals surface area contributed by atoms with E-state index in [0.29, 0.717) is 47.1 Å². The fourth-order valence-corrected chi connectivity index (χ4v) is 7.24. The van der Waals surface area contributed by atoms with Crippen molar-refractivity contribution < 1.29 is 22.7 Å². The smallest absolute Gasteiger partial charge is 0.340 e. The number of carbonyl (C=O) groups excluding carboxylic acids is 2. The standard InChI is InChI=1S/C20H23ClN2O5S2/c1-4-23(5-2)30(26,27)20-17(19(25)28-3)14-10-11-22(12-16(14)29-20)18(24)13-8-6-7-9-15(13)21/h6-9H,4-5,10-12H2,1-3H3. The van der Waals surface area contributed by atoms with Gasteiger partial charge in [-0.25, -0.2) is 13.2 Å². The number of rotatable bonds is 6. The Morgan fingerprint density at radius 2 is 1.90 bits per heavy atom. The molecule has 1 aliphatic rings. The maximum absolute atomic E-state index is 13.2. The second-order valence-electron chi connectivity index (χ2n) is 6.70. The number of sulfonamides is 1. The SMILES string of the molecule is CCN(CC)S(=O)(=O)c1sc2c(c1C(=O)OC)CCN(C(=O)c1ccccc1Cl)C2. The third kappa shape index (κ3) is 3.99. The fraction of sp³-hybridized carbons (Fsp3) is 0.400. The van der Waals surface area contributed by atoms with E-state index in [1.165, 1.54) is 11.4 Å². The average molecular weight is 471 g/mol. The second-order valence-corrected chi connectivity index (χ2v) is 10.3. The zero-order valence-corrected chi connectivity index (χ0v) is 19.4. The highest BCUT2D eigenvalue weighted by molar-refractivity contribution is 7.91. The molecule has 0 saturated heterocycles. The second kappa shape index (κ2) is 9.05. The maximum Gasteiger partial charge on any atom is 0.340 e. The lowest BCUT2D eigenvalue weighted by atomic mass is 10.0. The summed E-state index contributed by atoms with van der Waals surface area (Å²) in [6, 6.07) is 6.80. The van der Waals surface area contributed by atoms with Gasteiger partial charge in [0.05, 0.1) is 29.8 Å². The first kappa shape index (κ1) is 22.7. The lowest BCUT2D eigenvalue weighted by Gasteiger charge is -2.27. The van der Waals surface area contributed by atoms with Crippen LogP contribution in [0.25, 0.3) is 0 Å². The predicted octanol–water partition coefficient (Wildman–Crippen LogP) is 3.42. The minimum Gasteiger partial charge on any atom is -0.465 e. The van der Waals surface area contributed by atoms with Crippen molar-refractivity contribution in [2.75, 3.05) is 26.7 Å². The number of ether oxygens (including phenoxy) is 1. The molecule has 0 N–H and O–H groups in total. The summed E-state index contributed by atoms with van der Waals surface area (Å²) in [5.41, 5.74) is 1.12. The summed E-state index contributed by atoms with van der Waals surface area (Å²) >= 11 is 7.20. The molecule has 0 bridgehead atoms. The molecule has 0 fully saturated rings. The van der Waals surface area contributed by atoms with Crippen molar-refractivity contribution in [1.82, 2.24) is 9.21 Å². The van der Waals surface area contributed by atoms with Crippen LogP contribution in [0.4, 0.5) is 0 Å². The monoisotopic (exact) mass is 470 g/mol. The van der Waals surface area contributed by atoms with Crippen LogP contribution in [-0.4, -0.2) is 56.2 Å². The van der Waals surface area contributed by atoms with E-state index in [0.717, 1.165) is 11.3 Å². The van der Waals surface area contributed by atoms with Gasteiger partial charge in [-0.2, -0.15) is 4.31 Å². The zero-order valence-electron chi connectivity index (χ0n) is 17.0. The van der Waals surface area contributed by atoms with E-state index in [4.69, 9.17) is 16.3 Å². The van der Waals surface area contributed by atoms with Gasteiger partial charge >= 0.3 is 5.97 Å². The van der Waals surface area contributed by atoms with Crippen molar-refractivity contribution in [1.29, 1.82) is 0 Å². The molecule has 1 amide bonds. The number of halogens is 1. The van der Waals surface area contributed by atoms with Crippen molar-refractivity contribution in [3.63, 3.8) is 0 Å². The minimum atomic E-state index is -3.85. The Bertz CT molecular complexity index is 1080. The Morgan fingerprint density at radius 3 is 2.50 bits per heavy atom. The van der Waals surface area contributed by atoms with E-state index in [9.17, 15) is 18.0 Å². The predicted molar refractivity (Wildman–Crippen MR) is 116 cm³/mol. The van der Waals surface area contributed by atoms with E-state index in [1.807, 2.05) is 0 Å². The molecule has 30 heavy (non-hydrogen) atoms. The number of methoxy groups -OCH3 is 1. The first-order chi connectivity index (χ1) is 14.3. The Morgan fingerprint density at radius 1 is 1.23 bits per heavy atom. The normalized spacial score (nSPS) is 14.0. The molecule has 1 aromatic carbocycles. The molecule has 0 radical (unpaired) electrons. The van der Waals surface area contributed by atoms with Gasteiger partial charge in [0.1, 0.15) is 4.21 Å². The average Bonchev–Trinajstić information content (AvgIpc) is 3.13. The number of benzene rings is 1. The Labute approximate surface area is 185 Å². The van der Waals surface area contributed by atoms with Gasteiger partial charge in [-0.1, -0.05) is 37.6 Å². The van der Waals surface area contributed by atoms with Gasteiger partial charge in [-0.05, 0) is 24.1 Å². The van der Waals surface area contributed by atoms with Crippen molar-refractivity contribution in [3.8, 4) is 0 Å². The molecule has 162 valence electrons. The molecule has 0 saturated carbocycles. The van der Waals surface area contributed by atoms with Crippen molar-refractivity contribution in [2.45, 2.75) is 31.0 Å². The third-order valence-corrected chi connectivity index (χ3v) is 9.18. The van der Waals surface area contributed by atoms with E-state index in [-0.39, 0.29) is 22.2 Å². The third-order valence-electron chi connectivity index (χ3n) is 5.09. The summed E-state index contributed by atoms with van der Waals surface area (Å²) in [6.45, 7) is 4.63. The number of hydrogen-bond acceptors (Lipinski definition) is 6. The summed E-state index contributed by atoms with van der Waals surface area (Å²) < 4.78 is 32.5. The molecule has 2 aromatic rings. The Hall–Kier alpha value is -1.94. The van der Waals surface area contributed by atoms with Gasteiger partial charge in [0.2, 0.25) is 0 Å². The molecule has 2 heterocycles. The van der Waals surface area contributed by atoms with Crippen molar-refractivity contribution in [3.05, 3.63) is 50.9 Å². The van der Waals surface area contributed by atoms with E-state index < -0.39 is 16.0 Å². The molecule has 0 unspecified atom stereocenters. The van der Waals surface area contributed by atoms with E-state index in [2.05, 4.69) is 0 Å².